The summed E-state index contributed by atoms with van der Waals surface area (Å²) in [6.45, 7) is 59.5. The zero-order chi connectivity index (χ0) is 70.8. The van der Waals surface area contributed by atoms with Crippen LogP contribution in [0.25, 0.3) is 0 Å². The summed E-state index contributed by atoms with van der Waals surface area (Å²) in [7, 11) is 0. The van der Waals surface area contributed by atoms with Crippen LogP contribution in [0.2, 0.25) is 0 Å². The Hall–Kier alpha value is -6.86. The number of hydrogen-bond acceptors (Lipinski definition) is 8. The summed E-state index contributed by atoms with van der Waals surface area (Å²) in [5.41, 5.74) is 0. The second kappa shape index (κ2) is 207. The molecular weight excluding hydrogens is 1320 g/mol. The molecule has 0 rings (SSSR count). The van der Waals surface area contributed by atoms with Gasteiger partial charge in [-0.1, -0.05) is 186 Å². The quantitative estimate of drug-likeness (QED) is 0.0168. The van der Waals surface area contributed by atoms with Crippen LogP contribution in [0.3, 0.4) is 0 Å². The molecule has 18 nitrogen and oxygen atoms in total. The molecule has 0 bridgehead atoms. The molecule has 2 amide bonds. The molecule has 0 aromatic rings. The van der Waals surface area contributed by atoms with Gasteiger partial charge in [0.05, 0.1) is 6.07 Å². The van der Waals surface area contributed by atoms with Crippen molar-refractivity contribution >= 4 is 43.2 Å². The van der Waals surface area contributed by atoms with Crippen LogP contribution in [-0.2, 0) is 139 Å². The summed E-state index contributed by atoms with van der Waals surface area (Å²) >= 11 is 0. The van der Waals surface area contributed by atoms with Crippen molar-refractivity contribution in [1.82, 2.24) is 10.6 Å². The minimum Gasteiger partial charge on any atom is 0 e. The fraction of sp³-hybridized carbons (Fsp3) is 0.353. The predicted octanol–water partition coefficient (Wildman–Crippen LogP) is 13.7. The molecule has 0 atom stereocenters. The minimum atomic E-state index is 0. The van der Waals surface area contributed by atoms with E-state index in [2.05, 4.69) is 110 Å². The van der Waals surface area contributed by atoms with E-state index in [0.29, 0.717) is 24.7 Å². The Morgan fingerprint density at radius 3 is 0.722 bits per heavy atom. The number of amides is 2. The van der Waals surface area contributed by atoms with Crippen molar-refractivity contribution in [3.8, 4) is 6.07 Å². The summed E-state index contributed by atoms with van der Waals surface area (Å²) in [5.74, 6) is 0.991. The second-order valence-corrected chi connectivity index (χ2v) is 14.0. The van der Waals surface area contributed by atoms with Crippen molar-refractivity contribution in [2.45, 2.75) is 134 Å². The first-order valence-electron chi connectivity index (χ1n) is 25.5. The SMILES string of the molecule is C/C=C/C=C/C=C\CC/C=C/C(=O)NCC(C)C.C/C=C/C=C/C=C\CC/C=C\C(=O)NCC(C)C.C/C=C/C=C/C=C\CCC#N.C/C=C/C=C/C=C\CCC=O.CC=O.CC=O.CC=O.CC=O.[C-]#[O+].[C-]#[O+].[C-]#[O+].[C-]#[O+].[C-]#[O+].[C-]#[O+].[C-]#[O+].[C-]#[O+].[Fe].[Fe].[Fe].[Fe]. The summed E-state index contributed by atoms with van der Waals surface area (Å²) in [6.07, 6.45) is 65.3. The predicted molar refractivity (Wildman–Crippen MR) is 333 cm³/mol. The normalized spacial score (nSPS) is 8.72. The van der Waals surface area contributed by atoms with Gasteiger partial charge >= 0.3 is 90.4 Å². The van der Waals surface area contributed by atoms with Gasteiger partial charge < -0.3 is 34.6 Å². The number of rotatable bonds is 25. The molecule has 0 saturated carbocycles. The average Bonchev–Trinajstić information content (AvgIpc) is 3.54. The zero-order valence-electron chi connectivity index (χ0n) is 53.8. The molecule has 90 heavy (non-hydrogen) atoms. The Bertz CT molecular complexity index is 1890. The van der Waals surface area contributed by atoms with E-state index in [4.69, 9.17) is 61.7 Å². The van der Waals surface area contributed by atoms with E-state index < -0.39 is 0 Å². The minimum absolute atomic E-state index is 0. The maximum atomic E-state index is 11.3. The van der Waals surface area contributed by atoms with Crippen molar-refractivity contribution < 1.29 is 139 Å². The maximum Gasteiger partial charge on any atom is 0 e. The zero-order valence-corrected chi connectivity index (χ0v) is 58.2. The number of hydrogen-bond donors (Lipinski definition) is 2. The van der Waals surface area contributed by atoms with Crippen LogP contribution in [0.4, 0.5) is 0 Å². The summed E-state index contributed by atoms with van der Waals surface area (Å²) in [5, 5.41) is 13.9. The van der Waals surface area contributed by atoms with Gasteiger partial charge in [0, 0.05) is 94.2 Å². The molecule has 22 heteroatoms. The van der Waals surface area contributed by atoms with Crippen molar-refractivity contribution in [2.24, 2.45) is 11.8 Å². The molecule has 0 unspecified atom stereocenters. The molecule has 0 aromatic carbocycles. The van der Waals surface area contributed by atoms with Crippen LogP contribution in [0.5, 0.6) is 0 Å². The van der Waals surface area contributed by atoms with Gasteiger partial charge in [0.2, 0.25) is 11.8 Å². The van der Waals surface area contributed by atoms with E-state index in [1.54, 1.807) is 12.2 Å². The molecule has 0 radical (unpaired) electrons. The number of allylic oxidation sites excluding steroid dienone is 26. The van der Waals surface area contributed by atoms with E-state index in [0.717, 1.165) is 83.0 Å². The number of aldehydes is 5. The molecule has 2 N–H and O–H groups in total. The van der Waals surface area contributed by atoms with Crippen LogP contribution < -0.4 is 10.6 Å². The van der Waals surface area contributed by atoms with Gasteiger partial charge in [-0.15, -0.1) is 0 Å². The number of unbranched alkanes of at least 4 members (excludes halogenated alkanes) is 4. The van der Waals surface area contributed by atoms with Crippen LogP contribution in [0.1, 0.15) is 134 Å². The number of carbonyl (C=O) groups excluding carboxylic acids is 7. The van der Waals surface area contributed by atoms with Gasteiger partial charge in [-0.25, -0.2) is 0 Å². The molecule has 502 valence electrons. The number of nitriles is 1. The molecule has 0 spiro atoms. The molecule has 0 aliphatic heterocycles. The van der Waals surface area contributed by atoms with Crippen LogP contribution in [-0.4, -0.2) is 56.3 Å². The third-order valence-corrected chi connectivity index (χ3v) is 6.43. The molecule has 0 aliphatic rings. The summed E-state index contributed by atoms with van der Waals surface area (Å²) < 4.78 is 60.0. The van der Waals surface area contributed by atoms with Crippen LogP contribution in [0, 0.1) is 76.4 Å². The third-order valence-electron chi connectivity index (χ3n) is 6.43. The van der Waals surface area contributed by atoms with Crippen molar-refractivity contribution in [3.63, 3.8) is 0 Å². The third kappa shape index (κ3) is 308. The van der Waals surface area contributed by atoms with Gasteiger partial charge in [-0.2, -0.15) is 5.26 Å². The Balaban J connectivity index is -0.0000000353. The molecule has 0 saturated heterocycles. The van der Waals surface area contributed by atoms with Crippen LogP contribution in [0.15, 0.2) is 170 Å². The first kappa shape index (κ1) is 141. The fourth-order valence-electron chi connectivity index (χ4n) is 3.46. The van der Waals surface area contributed by atoms with Gasteiger partial charge in [0.1, 0.15) is 31.4 Å². The number of nitrogens with one attached hydrogen (secondary N) is 2. The largest absolute Gasteiger partial charge is 0 e. The van der Waals surface area contributed by atoms with E-state index in [-0.39, 0.29) is 80.1 Å². The van der Waals surface area contributed by atoms with E-state index >= 15 is 0 Å². The van der Waals surface area contributed by atoms with Crippen molar-refractivity contribution in [1.29, 1.82) is 5.26 Å². The molecular formula is C68H93Fe4N3O15. The Morgan fingerprint density at radius 1 is 0.344 bits per heavy atom. The standard InChI is InChI=1S/2C16H25NO.C10H13N.C10H14O.4C2H4O.8CO.4Fe/c2*1-4-5-6-7-8-9-10-11-12-13-16(18)17-14-15(2)3;2*1-2-3-4-5-6-7-8-9-10-11;4*1-2-3;8*1-2;;;;/h2*4-9,12-13,15H,10-11,14H2,1-3H3,(H,17,18);2-7H,8-9H2,1H3;2-7,10H,8-9H2,1H3;4*2H,1H3;;;;;;;;;;;;/b5-4+,7-6+,9-8-,13-12+;5-4+,7-6+,9-8-,13-12-;2*3-2+,5-4+,7-6-;;;;;;;;;;;;;;;;. The molecule has 0 aliphatic carbocycles. The van der Waals surface area contributed by atoms with Crippen molar-refractivity contribution in [2.75, 3.05) is 13.1 Å². The fourth-order valence-corrected chi connectivity index (χ4v) is 3.46. The molecule has 0 heterocycles. The van der Waals surface area contributed by atoms with Gasteiger partial charge in [-0.05, 0) is 118 Å². The Labute approximate surface area is 583 Å². The smallest absolute Gasteiger partial charge is 0 e. The van der Waals surface area contributed by atoms with Gasteiger partial charge in [-0.3, -0.25) is 9.59 Å². The maximum absolute atomic E-state index is 11.3. The van der Waals surface area contributed by atoms with Crippen molar-refractivity contribution in [3.05, 3.63) is 223 Å². The monoisotopic (exact) mass is 1420 g/mol. The Morgan fingerprint density at radius 2 is 0.533 bits per heavy atom. The number of nitrogens with zero attached hydrogens (tertiary/aromatic N) is 1. The summed E-state index contributed by atoms with van der Waals surface area (Å²) in [6, 6.07) is 2.08. The van der Waals surface area contributed by atoms with E-state index in [1.807, 2.05) is 174 Å². The first-order chi connectivity index (χ1) is 41.8. The topological polar surface area (TPSA) is 327 Å². The number of carbonyl (C=O) groups is 7. The molecule has 0 fully saturated rings. The molecule has 0 aromatic heterocycles. The van der Waals surface area contributed by atoms with E-state index in [9.17, 15) is 14.4 Å². The van der Waals surface area contributed by atoms with Crippen LogP contribution >= 0.6 is 0 Å². The van der Waals surface area contributed by atoms with Gasteiger partial charge in [0.15, 0.2) is 0 Å². The summed E-state index contributed by atoms with van der Waals surface area (Å²) in [4.78, 5) is 67.7. The second-order valence-electron chi connectivity index (χ2n) is 14.0. The Kier molecular flexibility index (Phi) is 323. The first-order valence-corrected chi connectivity index (χ1v) is 25.5. The van der Waals surface area contributed by atoms with Gasteiger partial charge in [0.25, 0.3) is 0 Å². The van der Waals surface area contributed by atoms with E-state index in [1.165, 1.54) is 27.7 Å². The average molecular weight is 1420 g/mol.